The first-order valence-electron chi connectivity index (χ1n) is 10.5. The Labute approximate surface area is 203 Å². The van der Waals surface area contributed by atoms with E-state index in [1.807, 2.05) is 6.07 Å². The minimum atomic E-state index is -3.55. The van der Waals surface area contributed by atoms with E-state index in [0.29, 0.717) is 19.2 Å². The van der Waals surface area contributed by atoms with Crippen molar-refractivity contribution in [3.63, 3.8) is 0 Å². The van der Waals surface area contributed by atoms with Crippen LogP contribution in [-0.4, -0.2) is 83.2 Å². The van der Waals surface area contributed by atoms with Crippen molar-refractivity contribution >= 4 is 40.0 Å². The maximum atomic E-state index is 12.4. The van der Waals surface area contributed by atoms with E-state index in [2.05, 4.69) is 38.9 Å². The number of methoxy groups -OCH3 is 1. The van der Waals surface area contributed by atoms with Gasteiger partial charge in [0.25, 0.3) is 0 Å². The Morgan fingerprint density at radius 3 is 2.77 bits per heavy atom. The van der Waals surface area contributed by atoms with Crippen molar-refractivity contribution < 1.29 is 13.2 Å². The molecule has 0 aliphatic carbocycles. The van der Waals surface area contributed by atoms with Crippen LogP contribution in [-0.2, 0) is 21.3 Å². The lowest BCUT2D eigenvalue weighted by atomic mass is 10.2. The molecule has 1 aromatic rings. The molecule has 0 radical (unpaired) electrons. The summed E-state index contributed by atoms with van der Waals surface area (Å²) in [5, 5.41) is 3.38. The van der Waals surface area contributed by atoms with Gasteiger partial charge in [0.2, 0.25) is 10.0 Å². The standard InChI is InChI=1S/C21H33N5O3S.HI/c1-3-22-21(26-13-9-19(17-26)25-11-4-5-12-25)23-16-18-7-6-8-20(15-18)30(27,28)24-10-14-29-2;/h4-8,15,19,24H,3,9-14,16-17H2,1-2H3,(H,22,23);1H. The van der Waals surface area contributed by atoms with Crippen LogP contribution in [0.25, 0.3) is 0 Å². The van der Waals surface area contributed by atoms with Crippen molar-refractivity contribution in [1.29, 1.82) is 0 Å². The van der Waals surface area contributed by atoms with Gasteiger partial charge in [-0.3, -0.25) is 4.90 Å². The predicted octanol–water partition coefficient (Wildman–Crippen LogP) is 1.64. The van der Waals surface area contributed by atoms with Gasteiger partial charge in [-0.15, -0.1) is 24.0 Å². The molecular formula is C21H34IN5O3S. The van der Waals surface area contributed by atoms with Crippen molar-refractivity contribution in [2.45, 2.75) is 30.8 Å². The Kier molecular flexibility index (Phi) is 10.7. The molecule has 1 atom stereocenters. The molecular weight excluding hydrogens is 529 g/mol. The summed E-state index contributed by atoms with van der Waals surface area (Å²) in [5.74, 6) is 0.888. The van der Waals surface area contributed by atoms with Crippen molar-refractivity contribution in [2.24, 2.45) is 4.99 Å². The van der Waals surface area contributed by atoms with Crippen molar-refractivity contribution in [3.05, 3.63) is 42.0 Å². The van der Waals surface area contributed by atoms with Crippen molar-refractivity contribution in [1.82, 2.24) is 19.8 Å². The van der Waals surface area contributed by atoms with E-state index in [1.54, 1.807) is 25.3 Å². The van der Waals surface area contributed by atoms with Gasteiger partial charge in [-0.05, 0) is 31.0 Å². The first-order valence-corrected chi connectivity index (χ1v) is 12.0. The van der Waals surface area contributed by atoms with Crippen LogP contribution in [0, 0.1) is 0 Å². The summed E-state index contributed by atoms with van der Waals surface area (Å²) in [4.78, 5) is 9.84. The fourth-order valence-corrected chi connectivity index (χ4v) is 4.87. The Hall–Kier alpha value is -1.21. The zero-order chi connectivity index (χ0) is 21.4. The van der Waals surface area contributed by atoms with Crippen LogP contribution >= 0.6 is 24.0 Å². The summed E-state index contributed by atoms with van der Waals surface area (Å²) in [6.45, 7) is 7.87. The summed E-state index contributed by atoms with van der Waals surface area (Å²) in [6.07, 6.45) is 5.59. The molecule has 1 aromatic carbocycles. The highest BCUT2D eigenvalue weighted by molar-refractivity contribution is 14.0. The average Bonchev–Trinajstić information content (AvgIpc) is 3.43. The van der Waals surface area contributed by atoms with Crippen LogP contribution in [0.3, 0.4) is 0 Å². The van der Waals surface area contributed by atoms with Gasteiger partial charge in [0.15, 0.2) is 5.96 Å². The van der Waals surface area contributed by atoms with Gasteiger partial charge in [-0.25, -0.2) is 18.1 Å². The molecule has 174 valence electrons. The number of hydrogen-bond donors (Lipinski definition) is 2. The lowest BCUT2D eigenvalue weighted by Gasteiger charge is -2.25. The number of guanidine groups is 1. The van der Waals surface area contributed by atoms with E-state index in [-0.39, 0.29) is 35.4 Å². The summed E-state index contributed by atoms with van der Waals surface area (Å²) in [6, 6.07) is 7.50. The molecule has 0 spiro atoms. The van der Waals surface area contributed by atoms with Crippen molar-refractivity contribution in [3.8, 4) is 0 Å². The van der Waals surface area contributed by atoms with E-state index >= 15 is 0 Å². The highest BCUT2D eigenvalue weighted by Gasteiger charge is 2.29. The zero-order valence-corrected chi connectivity index (χ0v) is 21.4. The molecule has 1 fully saturated rings. The van der Waals surface area contributed by atoms with E-state index in [0.717, 1.165) is 50.7 Å². The molecule has 8 nitrogen and oxygen atoms in total. The Morgan fingerprint density at radius 2 is 2.06 bits per heavy atom. The Balaban J connectivity index is 0.00000341. The minimum absolute atomic E-state index is 0. The fourth-order valence-electron chi connectivity index (χ4n) is 3.79. The normalized spacial score (nSPS) is 19.6. The summed E-state index contributed by atoms with van der Waals surface area (Å²) in [5.41, 5.74) is 0.861. The molecule has 31 heavy (non-hydrogen) atoms. The van der Waals surface area contributed by atoms with Crippen LogP contribution in [0.4, 0.5) is 0 Å². The Morgan fingerprint density at radius 1 is 1.29 bits per heavy atom. The molecule has 2 aliphatic heterocycles. The molecule has 2 heterocycles. The molecule has 10 heteroatoms. The molecule has 0 saturated carbocycles. The van der Waals surface area contributed by atoms with Gasteiger partial charge >= 0.3 is 0 Å². The maximum Gasteiger partial charge on any atom is 0.240 e. The second-order valence-electron chi connectivity index (χ2n) is 7.52. The SMILES string of the molecule is CCNC(=NCc1cccc(S(=O)(=O)NCCOC)c1)N1CCC(N2CC=CC2)C1.I. The number of rotatable bonds is 9. The third-order valence-corrected chi connectivity index (χ3v) is 6.84. The van der Waals surface area contributed by atoms with E-state index < -0.39 is 10.0 Å². The number of aliphatic imine (C=N–C) groups is 1. The quantitative estimate of drug-likeness (QED) is 0.156. The zero-order valence-electron chi connectivity index (χ0n) is 18.3. The van der Waals surface area contributed by atoms with E-state index in [9.17, 15) is 8.42 Å². The molecule has 1 saturated heterocycles. The second kappa shape index (κ2) is 12.7. The second-order valence-corrected chi connectivity index (χ2v) is 9.29. The van der Waals surface area contributed by atoms with E-state index in [4.69, 9.17) is 9.73 Å². The number of benzene rings is 1. The molecule has 0 aromatic heterocycles. The fraction of sp³-hybridized carbons (Fsp3) is 0.571. The first kappa shape index (κ1) is 26.0. The first-order chi connectivity index (χ1) is 14.5. The third kappa shape index (κ3) is 7.41. The number of hydrogen-bond acceptors (Lipinski definition) is 5. The monoisotopic (exact) mass is 563 g/mol. The van der Waals surface area contributed by atoms with Gasteiger partial charge in [-0.1, -0.05) is 24.3 Å². The number of sulfonamides is 1. The van der Waals surface area contributed by atoms with Crippen LogP contribution in [0.15, 0.2) is 46.3 Å². The number of halogens is 1. The molecule has 0 bridgehead atoms. The number of nitrogens with one attached hydrogen (secondary N) is 2. The average molecular weight is 564 g/mol. The number of ether oxygens (including phenoxy) is 1. The molecule has 2 N–H and O–H groups in total. The van der Waals surface area contributed by atoms with Gasteiger partial charge < -0.3 is 15.0 Å². The smallest absolute Gasteiger partial charge is 0.240 e. The molecule has 0 amide bonds. The van der Waals surface area contributed by atoms with Gasteiger partial charge in [-0.2, -0.15) is 0 Å². The number of nitrogens with zero attached hydrogens (tertiary/aromatic N) is 3. The van der Waals surface area contributed by atoms with Crippen LogP contribution in [0.1, 0.15) is 18.9 Å². The minimum Gasteiger partial charge on any atom is -0.383 e. The Bertz CT molecular complexity index is 854. The lowest BCUT2D eigenvalue weighted by Crippen LogP contribution is -2.42. The van der Waals surface area contributed by atoms with Crippen molar-refractivity contribution in [2.75, 3.05) is 53.0 Å². The lowest BCUT2D eigenvalue weighted by molar-refractivity contribution is 0.204. The van der Waals surface area contributed by atoms with Crippen LogP contribution in [0.2, 0.25) is 0 Å². The van der Waals surface area contributed by atoms with E-state index in [1.165, 1.54) is 0 Å². The summed E-state index contributed by atoms with van der Waals surface area (Å²) >= 11 is 0. The molecule has 1 unspecified atom stereocenters. The topological polar surface area (TPSA) is 86.3 Å². The highest BCUT2D eigenvalue weighted by atomic mass is 127. The van der Waals surface area contributed by atoms with Crippen LogP contribution in [0.5, 0.6) is 0 Å². The third-order valence-electron chi connectivity index (χ3n) is 5.38. The molecule has 2 aliphatic rings. The predicted molar refractivity (Wildman–Crippen MR) is 134 cm³/mol. The maximum absolute atomic E-state index is 12.4. The number of likely N-dealkylation sites (tertiary alicyclic amines) is 1. The highest BCUT2D eigenvalue weighted by Crippen LogP contribution is 2.18. The van der Waals surface area contributed by atoms with Gasteiger partial charge in [0.1, 0.15) is 0 Å². The molecule has 3 rings (SSSR count). The summed E-state index contributed by atoms with van der Waals surface area (Å²) in [7, 11) is -2.01. The van der Waals surface area contributed by atoms with Gasteiger partial charge in [0, 0.05) is 52.4 Å². The van der Waals surface area contributed by atoms with Gasteiger partial charge in [0.05, 0.1) is 18.0 Å². The largest absolute Gasteiger partial charge is 0.383 e. The van der Waals surface area contributed by atoms with Crippen LogP contribution < -0.4 is 10.0 Å². The summed E-state index contributed by atoms with van der Waals surface area (Å²) < 4.78 is 32.3.